The molecule has 1 heterocycles. The lowest BCUT2D eigenvalue weighted by atomic mass is 10.2. The minimum atomic E-state index is -0.849. The molecule has 1 fully saturated rings. The topological polar surface area (TPSA) is 78.8 Å². The first-order chi connectivity index (χ1) is 9.02. The maximum atomic E-state index is 10.9. The molecule has 5 nitrogen and oxygen atoms in total. The van der Waals surface area contributed by atoms with Gasteiger partial charge in [0.15, 0.2) is 11.5 Å². The van der Waals surface area contributed by atoms with E-state index in [0.717, 1.165) is 5.56 Å². The third kappa shape index (κ3) is 3.16. The summed E-state index contributed by atoms with van der Waals surface area (Å²) in [5, 5.41) is 21.7. The second-order valence-electron chi connectivity index (χ2n) is 4.05. The van der Waals surface area contributed by atoms with Crippen LogP contribution in [0.4, 0.5) is 0 Å². The van der Waals surface area contributed by atoms with E-state index in [4.69, 9.17) is 9.84 Å². The summed E-state index contributed by atoms with van der Waals surface area (Å²) in [6.45, 7) is 2.29. The van der Waals surface area contributed by atoms with E-state index in [1.54, 1.807) is 12.1 Å². The van der Waals surface area contributed by atoms with Gasteiger partial charge >= 0.3 is 5.97 Å². The average Bonchev–Trinajstić information content (AvgIpc) is 2.84. The largest absolute Gasteiger partial charge is 0.503 e. The summed E-state index contributed by atoms with van der Waals surface area (Å²) < 4.78 is 5.90. The standard InChI is InChI=1S/C12H14BrNO4S/c1-2-18-9-4-6(3-7(13)10(9)15)11-14-8(5-19-11)12(16)17/h3-4,8,11,14-15H,2,5H2,1H3,(H,16,17)/t8-,11+/m1/s1. The van der Waals surface area contributed by atoms with Crippen LogP contribution in [0.1, 0.15) is 17.9 Å². The van der Waals surface area contributed by atoms with E-state index in [1.807, 2.05) is 6.92 Å². The minimum Gasteiger partial charge on any atom is -0.503 e. The van der Waals surface area contributed by atoms with Gasteiger partial charge in [0, 0.05) is 5.75 Å². The number of aromatic hydroxyl groups is 1. The molecule has 2 rings (SSSR count). The van der Waals surface area contributed by atoms with Crippen LogP contribution in [0, 0.1) is 0 Å². The molecule has 1 aromatic rings. The van der Waals surface area contributed by atoms with Crippen molar-refractivity contribution in [1.29, 1.82) is 0 Å². The molecule has 0 spiro atoms. The molecule has 0 unspecified atom stereocenters. The van der Waals surface area contributed by atoms with E-state index in [2.05, 4.69) is 21.2 Å². The number of rotatable bonds is 4. The van der Waals surface area contributed by atoms with Gasteiger partial charge in [-0.3, -0.25) is 10.1 Å². The number of halogens is 1. The smallest absolute Gasteiger partial charge is 0.321 e. The molecule has 2 atom stereocenters. The lowest BCUT2D eigenvalue weighted by molar-refractivity contribution is -0.138. The van der Waals surface area contributed by atoms with Crippen molar-refractivity contribution in [3.63, 3.8) is 0 Å². The zero-order chi connectivity index (χ0) is 14.0. The van der Waals surface area contributed by atoms with Gasteiger partial charge in [0.1, 0.15) is 6.04 Å². The Morgan fingerprint density at radius 1 is 1.63 bits per heavy atom. The predicted molar refractivity (Wildman–Crippen MR) is 76.7 cm³/mol. The maximum absolute atomic E-state index is 10.9. The molecule has 19 heavy (non-hydrogen) atoms. The molecule has 1 saturated heterocycles. The molecule has 0 aromatic heterocycles. The number of hydrogen-bond acceptors (Lipinski definition) is 5. The molecule has 1 aliphatic rings. The molecule has 0 amide bonds. The summed E-state index contributed by atoms with van der Waals surface area (Å²) in [6, 6.07) is 2.96. The number of hydrogen-bond donors (Lipinski definition) is 3. The van der Waals surface area contributed by atoms with Crippen molar-refractivity contribution in [2.45, 2.75) is 18.3 Å². The number of phenolic OH excluding ortho intramolecular Hbond substituents is 1. The van der Waals surface area contributed by atoms with Gasteiger partial charge in [0.05, 0.1) is 16.5 Å². The first-order valence-corrected chi connectivity index (χ1v) is 7.62. The van der Waals surface area contributed by atoms with Crippen LogP contribution in [-0.4, -0.2) is 34.6 Å². The second kappa shape index (κ2) is 6.02. The van der Waals surface area contributed by atoms with Gasteiger partial charge in [-0.05, 0) is 40.5 Å². The third-order valence-electron chi connectivity index (χ3n) is 2.73. The summed E-state index contributed by atoms with van der Waals surface area (Å²) >= 11 is 4.80. The van der Waals surface area contributed by atoms with Crippen molar-refractivity contribution >= 4 is 33.7 Å². The molecule has 0 saturated carbocycles. The molecule has 7 heteroatoms. The molecule has 104 valence electrons. The van der Waals surface area contributed by atoms with E-state index >= 15 is 0 Å². The normalized spacial score (nSPS) is 22.4. The van der Waals surface area contributed by atoms with Crippen molar-refractivity contribution in [2.75, 3.05) is 12.4 Å². The van der Waals surface area contributed by atoms with Crippen LogP contribution >= 0.6 is 27.7 Å². The molecule has 0 aliphatic carbocycles. The second-order valence-corrected chi connectivity index (χ2v) is 6.05. The lowest BCUT2D eigenvalue weighted by Gasteiger charge is -2.15. The molecule has 1 aliphatic heterocycles. The first kappa shape index (κ1) is 14.5. The number of carboxylic acid groups (broad SMARTS) is 1. The van der Waals surface area contributed by atoms with E-state index in [0.29, 0.717) is 22.6 Å². The summed E-state index contributed by atoms with van der Waals surface area (Å²) in [4.78, 5) is 10.9. The monoisotopic (exact) mass is 347 g/mol. The Balaban J connectivity index is 2.23. The number of benzene rings is 1. The Hall–Kier alpha value is -0.920. The van der Waals surface area contributed by atoms with Gasteiger partial charge in [0.25, 0.3) is 0 Å². The molecular weight excluding hydrogens is 334 g/mol. The number of aliphatic carboxylic acids is 1. The fraction of sp³-hybridized carbons (Fsp3) is 0.417. The molecule has 3 N–H and O–H groups in total. The van der Waals surface area contributed by atoms with Crippen molar-refractivity contribution in [2.24, 2.45) is 0 Å². The molecule has 1 aromatic carbocycles. The van der Waals surface area contributed by atoms with Crippen molar-refractivity contribution < 1.29 is 19.7 Å². The highest BCUT2D eigenvalue weighted by molar-refractivity contribution is 9.10. The van der Waals surface area contributed by atoms with Crippen LogP contribution in [0.5, 0.6) is 11.5 Å². The van der Waals surface area contributed by atoms with Crippen LogP contribution in [0.3, 0.4) is 0 Å². The molecular formula is C12H14BrNO4S. The van der Waals surface area contributed by atoms with E-state index < -0.39 is 12.0 Å². The number of nitrogens with one attached hydrogen (secondary N) is 1. The van der Waals surface area contributed by atoms with E-state index in [-0.39, 0.29) is 11.1 Å². The van der Waals surface area contributed by atoms with Crippen LogP contribution in [0.25, 0.3) is 0 Å². The van der Waals surface area contributed by atoms with Gasteiger partial charge in [-0.25, -0.2) is 0 Å². The predicted octanol–water partition coefficient (Wildman–Crippen LogP) is 2.34. The zero-order valence-electron chi connectivity index (χ0n) is 10.2. The maximum Gasteiger partial charge on any atom is 0.321 e. The number of thioether (sulfide) groups is 1. The number of ether oxygens (including phenoxy) is 1. The Bertz CT molecular complexity index is 497. The van der Waals surface area contributed by atoms with Gasteiger partial charge < -0.3 is 14.9 Å². The third-order valence-corrected chi connectivity index (χ3v) is 4.61. The highest BCUT2D eigenvalue weighted by atomic mass is 79.9. The highest BCUT2D eigenvalue weighted by Gasteiger charge is 2.31. The zero-order valence-corrected chi connectivity index (χ0v) is 12.6. The summed E-state index contributed by atoms with van der Waals surface area (Å²) in [7, 11) is 0. The van der Waals surface area contributed by atoms with Crippen molar-refractivity contribution in [3.8, 4) is 11.5 Å². The quantitative estimate of drug-likeness (QED) is 0.775. The van der Waals surface area contributed by atoms with Crippen molar-refractivity contribution in [1.82, 2.24) is 5.32 Å². The number of phenols is 1. The molecule has 0 bridgehead atoms. The Labute approximate surface area is 123 Å². The van der Waals surface area contributed by atoms with Crippen LogP contribution in [0.15, 0.2) is 16.6 Å². The summed E-state index contributed by atoms with van der Waals surface area (Å²) in [6.07, 6.45) is 0. The summed E-state index contributed by atoms with van der Waals surface area (Å²) in [5.41, 5.74) is 0.877. The van der Waals surface area contributed by atoms with Gasteiger partial charge in [-0.1, -0.05) is 0 Å². The fourth-order valence-electron chi connectivity index (χ4n) is 1.82. The number of carbonyl (C=O) groups is 1. The highest BCUT2D eigenvalue weighted by Crippen LogP contribution is 2.41. The Kier molecular flexibility index (Phi) is 4.59. The molecule has 0 radical (unpaired) electrons. The van der Waals surface area contributed by atoms with Crippen LogP contribution < -0.4 is 10.1 Å². The summed E-state index contributed by atoms with van der Waals surface area (Å²) in [5.74, 6) is 0.122. The van der Waals surface area contributed by atoms with Crippen LogP contribution in [-0.2, 0) is 4.79 Å². The minimum absolute atomic E-state index is 0.0587. The van der Waals surface area contributed by atoms with Crippen molar-refractivity contribution in [3.05, 3.63) is 22.2 Å². The fourth-order valence-corrected chi connectivity index (χ4v) is 3.49. The first-order valence-electron chi connectivity index (χ1n) is 5.78. The van der Waals surface area contributed by atoms with Gasteiger partial charge in [0.2, 0.25) is 0 Å². The average molecular weight is 348 g/mol. The van der Waals surface area contributed by atoms with E-state index in [9.17, 15) is 9.90 Å². The Morgan fingerprint density at radius 2 is 2.37 bits per heavy atom. The van der Waals surface area contributed by atoms with E-state index in [1.165, 1.54) is 11.8 Å². The van der Waals surface area contributed by atoms with Gasteiger partial charge in [-0.2, -0.15) is 0 Å². The Morgan fingerprint density at radius 3 is 2.95 bits per heavy atom. The SMILES string of the molecule is CCOc1cc([C@H]2N[C@@H](C(=O)O)CS2)cc(Br)c1O. The number of carboxylic acids is 1. The van der Waals surface area contributed by atoms with Gasteiger partial charge in [-0.15, -0.1) is 11.8 Å². The lowest BCUT2D eigenvalue weighted by Crippen LogP contribution is -2.33. The van der Waals surface area contributed by atoms with Crippen LogP contribution in [0.2, 0.25) is 0 Å².